The molecule has 0 aromatic rings. The molecule has 2 aliphatic rings. The van der Waals surface area contributed by atoms with Crippen molar-refractivity contribution in [1.29, 1.82) is 0 Å². The molecule has 0 saturated carbocycles. The van der Waals surface area contributed by atoms with Crippen LogP contribution in [0.25, 0.3) is 0 Å². The molecule has 2 rings (SSSR count). The van der Waals surface area contributed by atoms with E-state index >= 15 is 0 Å². The highest BCUT2D eigenvalue weighted by atomic mass is 16.7. The lowest BCUT2D eigenvalue weighted by molar-refractivity contribution is -0.201. The maximum Gasteiger partial charge on any atom is 0.326 e. The van der Waals surface area contributed by atoms with Crippen molar-refractivity contribution in [2.45, 2.75) is 24.7 Å². The predicted molar refractivity (Wildman–Crippen MR) is 48.1 cm³/mol. The number of carboxylic acid groups (broad SMARTS) is 1. The molecule has 0 aromatic carbocycles. The third-order valence-corrected chi connectivity index (χ3v) is 2.89. The van der Waals surface area contributed by atoms with Crippen LogP contribution in [0.4, 0.5) is 0 Å². The van der Waals surface area contributed by atoms with E-state index in [1.807, 2.05) is 0 Å². The van der Waals surface area contributed by atoms with Gasteiger partial charge in [-0.15, -0.1) is 0 Å². The minimum absolute atomic E-state index is 0.209. The fourth-order valence-corrected chi connectivity index (χ4v) is 2.08. The van der Waals surface area contributed by atoms with Crippen molar-refractivity contribution < 1.29 is 24.2 Å². The maximum absolute atomic E-state index is 11.0. The molecule has 2 aliphatic heterocycles. The van der Waals surface area contributed by atoms with Crippen LogP contribution < -0.4 is 0 Å². The standard InChI is InChI=1S/C9H13NO5/c11-6-10-2-1-9(14-3-4-15-9)5-7(10)8(12)13/h6-7H,1-5H2,(H,12,13). The summed E-state index contributed by atoms with van der Waals surface area (Å²) in [6.45, 7) is 1.35. The number of carboxylic acids is 1. The number of ether oxygens (including phenoxy) is 2. The van der Waals surface area contributed by atoms with Gasteiger partial charge in [-0.05, 0) is 0 Å². The Morgan fingerprint density at radius 2 is 2.13 bits per heavy atom. The zero-order valence-corrected chi connectivity index (χ0v) is 8.22. The average molecular weight is 215 g/mol. The van der Waals surface area contributed by atoms with Crippen LogP contribution in [0, 0.1) is 0 Å². The van der Waals surface area contributed by atoms with Crippen molar-refractivity contribution in [2.24, 2.45) is 0 Å². The first kappa shape index (κ1) is 10.4. The van der Waals surface area contributed by atoms with Crippen molar-refractivity contribution in [2.75, 3.05) is 19.8 Å². The Hall–Kier alpha value is -1.14. The van der Waals surface area contributed by atoms with E-state index in [0.29, 0.717) is 32.6 Å². The zero-order chi connectivity index (χ0) is 10.9. The lowest BCUT2D eigenvalue weighted by Gasteiger charge is -2.39. The number of piperidine rings is 1. The second-order valence-corrected chi connectivity index (χ2v) is 3.76. The van der Waals surface area contributed by atoms with Gasteiger partial charge in [-0.3, -0.25) is 4.79 Å². The SMILES string of the molecule is O=CN1CCC2(CC1C(=O)O)OCCO2. The number of likely N-dealkylation sites (tertiary alicyclic amines) is 1. The molecule has 1 N–H and O–H groups in total. The Kier molecular flexibility index (Phi) is 2.62. The molecule has 2 heterocycles. The molecule has 0 bridgehead atoms. The van der Waals surface area contributed by atoms with Crippen LogP contribution in [0.5, 0.6) is 0 Å². The lowest BCUT2D eigenvalue weighted by Crippen LogP contribution is -2.53. The summed E-state index contributed by atoms with van der Waals surface area (Å²) in [6, 6.07) is -0.839. The van der Waals surface area contributed by atoms with Crippen LogP contribution in [0.1, 0.15) is 12.8 Å². The molecule has 0 aromatic heterocycles. The van der Waals surface area contributed by atoms with Crippen LogP contribution in [-0.4, -0.2) is 54.0 Å². The van der Waals surface area contributed by atoms with Crippen LogP contribution in [-0.2, 0) is 19.1 Å². The molecule has 2 saturated heterocycles. The van der Waals surface area contributed by atoms with Crippen LogP contribution in [0.3, 0.4) is 0 Å². The fraction of sp³-hybridized carbons (Fsp3) is 0.778. The van der Waals surface area contributed by atoms with Gasteiger partial charge in [-0.25, -0.2) is 4.79 Å². The van der Waals surface area contributed by atoms with E-state index in [1.54, 1.807) is 0 Å². The Bertz CT molecular complexity index is 274. The first-order chi connectivity index (χ1) is 7.17. The number of carbonyl (C=O) groups is 2. The summed E-state index contributed by atoms with van der Waals surface area (Å²) in [5.41, 5.74) is 0. The molecule has 1 unspecified atom stereocenters. The van der Waals surface area contributed by atoms with Gasteiger partial charge in [-0.2, -0.15) is 0 Å². The smallest absolute Gasteiger partial charge is 0.326 e. The van der Waals surface area contributed by atoms with E-state index < -0.39 is 17.8 Å². The summed E-state index contributed by atoms with van der Waals surface area (Å²) in [5, 5.41) is 8.97. The largest absolute Gasteiger partial charge is 0.480 e. The van der Waals surface area contributed by atoms with E-state index in [1.165, 1.54) is 4.90 Å². The van der Waals surface area contributed by atoms with E-state index in [4.69, 9.17) is 14.6 Å². The lowest BCUT2D eigenvalue weighted by atomic mass is 9.96. The first-order valence-electron chi connectivity index (χ1n) is 4.89. The second-order valence-electron chi connectivity index (χ2n) is 3.76. The second kappa shape index (κ2) is 3.79. The highest BCUT2D eigenvalue weighted by Crippen LogP contribution is 2.33. The Morgan fingerprint density at radius 3 is 2.67 bits per heavy atom. The van der Waals surface area contributed by atoms with Crippen LogP contribution in [0.15, 0.2) is 0 Å². The minimum Gasteiger partial charge on any atom is -0.480 e. The van der Waals surface area contributed by atoms with E-state index in [-0.39, 0.29) is 6.42 Å². The molecule has 2 fully saturated rings. The van der Waals surface area contributed by atoms with Crippen molar-refractivity contribution in [3.8, 4) is 0 Å². The van der Waals surface area contributed by atoms with Gasteiger partial charge in [-0.1, -0.05) is 0 Å². The quantitative estimate of drug-likeness (QED) is 0.624. The van der Waals surface area contributed by atoms with Gasteiger partial charge in [0.05, 0.1) is 13.2 Å². The van der Waals surface area contributed by atoms with E-state index in [2.05, 4.69) is 0 Å². The van der Waals surface area contributed by atoms with Crippen LogP contribution in [0.2, 0.25) is 0 Å². The minimum atomic E-state index is -1.01. The van der Waals surface area contributed by atoms with Gasteiger partial charge in [0.1, 0.15) is 6.04 Å². The molecule has 1 atom stereocenters. The van der Waals surface area contributed by atoms with Crippen molar-refractivity contribution >= 4 is 12.4 Å². The highest BCUT2D eigenvalue weighted by Gasteiger charge is 2.46. The van der Waals surface area contributed by atoms with Gasteiger partial charge < -0.3 is 19.5 Å². The van der Waals surface area contributed by atoms with Gasteiger partial charge in [0, 0.05) is 19.4 Å². The zero-order valence-electron chi connectivity index (χ0n) is 8.22. The maximum atomic E-state index is 11.0. The van der Waals surface area contributed by atoms with Gasteiger partial charge in [0.25, 0.3) is 0 Å². The molecular formula is C9H13NO5. The van der Waals surface area contributed by atoms with E-state index in [9.17, 15) is 9.59 Å². The molecule has 6 nitrogen and oxygen atoms in total. The molecule has 15 heavy (non-hydrogen) atoms. The average Bonchev–Trinajstić information content (AvgIpc) is 2.66. The number of rotatable bonds is 2. The Balaban J connectivity index is 2.11. The van der Waals surface area contributed by atoms with Crippen molar-refractivity contribution in [3.63, 3.8) is 0 Å². The summed E-state index contributed by atoms with van der Waals surface area (Å²) in [5.74, 6) is -1.79. The molecule has 6 heteroatoms. The number of aliphatic carboxylic acids is 1. The molecule has 84 valence electrons. The molecule has 1 spiro atoms. The summed E-state index contributed by atoms with van der Waals surface area (Å²) < 4.78 is 10.9. The summed E-state index contributed by atoms with van der Waals surface area (Å²) in [7, 11) is 0. The Labute approximate surface area is 86.8 Å². The normalized spacial score (nSPS) is 29.3. The number of hydrogen-bond donors (Lipinski definition) is 1. The number of carbonyl (C=O) groups excluding carboxylic acids is 1. The molecule has 1 amide bonds. The molecule has 0 aliphatic carbocycles. The third kappa shape index (κ3) is 1.82. The number of amides is 1. The summed E-state index contributed by atoms with van der Waals surface area (Å²) in [4.78, 5) is 22.9. The van der Waals surface area contributed by atoms with Gasteiger partial charge in [0.15, 0.2) is 5.79 Å². The molecular weight excluding hydrogens is 202 g/mol. The number of hydrogen-bond acceptors (Lipinski definition) is 4. The van der Waals surface area contributed by atoms with Crippen LogP contribution >= 0.6 is 0 Å². The summed E-state index contributed by atoms with van der Waals surface area (Å²) >= 11 is 0. The van der Waals surface area contributed by atoms with Gasteiger partial charge in [0.2, 0.25) is 6.41 Å². The predicted octanol–water partition coefficient (Wildman–Crippen LogP) is -0.565. The first-order valence-corrected chi connectivity index (χ1v) is 4.89. The monoisotopic (exact) mass is 215 g/mol. The highest BCUT2D eigenvalue weighted by molar-refractivity contribution is 5.76. The molecule has 0 radical (unpaired) electrons. The van der Waals surface area contributed by atoms with Gasteiger partial charge >= 0.3 is 5.97 Å². The topological polar surface area (TPSA) is 76.1 Å². The van der Waals surface area contributed by atoms with E-state index in [0.717, 1.165) is 0 Å². The Morgan fingerprint density at radius 1 is 1.47 bits per heavy atom. The fourth-order valence-electron chi connectivity index (χ4n) is 2.08. The number of nitrogens with zero attached hydrogens (tertiary/aromatic N) is 1. The van der Waals surface area contributed by atoms with Crippen molar-refractivity contribution in [3.05, 3.63) is 0 Å². The third-order valence-electron chi connectivity index (χ3n) is 2.89. The van der Waals surface area contributed by atoms with Crippen molar-refractivity contribution in [1.82, 2.24) is 4.90 Å². The summed E-state index contributed by atoms with van der Waals surface area (Å²) in [6.07, 6.45) is 1.32.